The normalized spacial score (nSPS) is 16.8. The van der Waals surface area contributed by atoms with Crippen molar-refractivity contribution in [3.8, 4) is 23.3 Å². The summed E-state index contributed by atoms with van der Waals surface area (Å²) < 4.78 is 12.8. The molecule has 1 aliphatic rings. The van der Waals surface area contributed by atoms with E-state index in [1.165, 1.54) is 22.3 Å². The molecular weight excluding hydrogens is 358 g/mol. The number of hydrogen-bond donors (Lipinski definition) is 3. The van der Waals surface area contributed by atoms with E-state index in [0.717, 1.165) is 17.7 Å². The summed E-state index contributed by atoms with van der Waals surface area (Å²) in [5.74, 6) is 1.54. The molecule has 1 aromatic heterocycles. The number of fused-ring (bicyclic) bond motifs is 1. The number of nitrogens with zero attached hydrogens (tertiary/aromatic N) is 1. The first-order valence-corrected chi connectivity index (χ1v) is 9.29. The van der Waals surface area contributed by atoms with Gasteiger partial charge in [-0.15, -0.1) is 0 Å². The quantitative estimate of drug-likeness (QED) is 0.611. The van der Waals surface area contributed by atoms with Gasteiger partial charge in [-0.2, -0.15) is 0 Å². The van der Waals surface area contributed by atoms with Crippen LogP contribution in [0.2, 0.25) is 0 Å². The highest BCUT2D eigenvalue weighted by Gasteiger charge is 2.22. The van der Waals surface area contributed by atoms with Gasteiger partial charge in [0.05, 0.1) is 13.2 Å². The lowest BCUT2D eigenvalue weighted by Crippen LogP contribution is -2.23. The van der Waals surface area contributed by atoms with Crippen molar-refractivity contribution in [2.24, 2.45) is 0 Å². The zero-order valence-corrected chi connectivity index (χ0v) is 15.4. The van der Waals surface area contributed by atoms with Gasteiger partial charge in [0.15, 0.2) is 11.8 Å². The minimum absolute atomic E-state index is 0.0302. The molecule has 0 amide bonds. The van der Waals surface area contributed by atoms with Crippen LogP contribution in [0.3, 0.4) is 0 Å². The van der Waals surface area contributed by atoms with Gasteiger partial charge in [0, 0.05) is 24.1 Å². The smallest absolute Gasteiger partial charge is 0.193 e. The number of ether oxygens (including phenoxy) is 2. The fourth-order valence-corrected chi connectivity index (χ4v) is 3.47. The van der Waals surface area contributed by atoms with Crippen LogP contribution in [0.4, 0.5) is 0 Å². The van der Waals surface area contributed by atoms with Crippen molar-refractivity contribution in [1.82, 2.24) is 4.57 Å². The Hall–Kier alpha value is -3.12. The second-order valence-electron chi connectivity index (χ2n) is 7.02. The van der Waals surface area contributed by atoms with Gasteiger partial charge in [0.1, 0.15) is 24.2 Å². The van der Waals surface area contributed by atoms with Crippen LogP contribution in [0.25, 0.3) is 0 Å². The van der Waals surface area contributed by atoms with E-state index in [4.69, 9.17) is 9.47 Å². The van der Waals surface area contributed by atoms with Gasteiger partial charge < -0.3 is 24.8 Å². The van der Waals surface area contributed by atoms with Crippen LogP contribution in [-0.2, 0) is 13.0 Å². The van der Waals surface area contributed by atoms with Gasteiger partial charge in [-0.3, -0.25) is 4.57 Å². The third-order valence-electron chi connectivity index (χ3n) is 4.99. The van der Waals surface area contributed by atoms with Crippen LogP contribution >= 0.6 is 0 Å². The molecule has 2 atom stereocenters. The van der Waals surface area contributed by atoms with Gasteiger partial charge in [0.25, 0.3) is 0 Å². The van der Waals surface area contributed by atoms with E-state index in [-0.39, 0.29) is 24.9 Å². The van der Waals surface area contributed by atoms with Gasteiger partial charge in [-0.1, -0.05) is 36.4 Å². The summed E-state index contributed by atoms with van der Waals surface area (Å²) >= 11 is 0. The van der Waals surface area contributed by atoms with E-state index in [1.807, 2.05) is 36.4 Å². The second-order valence-corrected chi connectivity index (χ2v) is 7.02. The van der Waals surface area contributed by atoms with Gasteiger partial charge in [-0.05, 0) is 23.6 Å². The van der Waals surface area contributed by atoms with Crippen LogP contribution in [-0.4, -0.2) is 39.2 Å². The molecule has 3 N–H and O–H groups in total. The summed E-state index contributed by atoms with van der Waals surface area (Å²) in [5.41, 5.74) is 2.41. The summed E-state index contributed by atoms with van der Waals surface area (Å²) in [7, 11) is 0. The highest BCUT2D eigenvalue weighted by Crippen LogP contribution is 2.34. The fraction of sp³-hybridized carbons (Fsp3) is 0.273. The van der Waals surface area contributed by atoms with Crippen LogP contribution in [0, 0.1) is 0 Å². The molecule has 0 fully saturated rings. The molecule has 0 aliphatic carbocycles. The number of rotatable bonds is 6. The summed E-state index contributed by atoms with van der Waals surface area (Å²) in [6.07, 6.45) is 0.0256. The molecular formula is C22H23NO5. The average Bonchev–Trinajstić information content (AvgIpc) is 3.04. The third-order valence-corrected chi connectivity index (χ3v) is 4.99. The number of aromatic nitrogens is 1. The molecule has 2 aromatic carbocycles. The van der Waals surface area contributed by atoms with E-state index in [0.29, 0.717) is 18.3 Å². The molecule has 6 nitrogen and oxygen atoms in total. The monoisotopic (exact) mass is 381 g/mol. The first kappa shape index (κ1) is 18.3. The molecule has 0 saturated carbocycles. The highest BCUT2D eigenvalue weighted by molar-refractivity contribution is 5.43. The Labute approximate surface area is 163 Å². The minimum atomic E-state index is -0.886. The number of benzene rings is 2. The Morgan fingerprint density at radius 1 is 1.04 bits per heavy atom. The summed E-state index contributed by atoms with van der Waals surface area (Å²) in [6.45, 7) is 0.683. The average molecular weight is 381 g/mol. The second kappa shape index (κ2) is 7.86. The Balaban J connectivity index is 1.36. The van der Waals surface area contributed by atoms with Crippen molar-refractivity contribution in [3.05, 3.63) is 71.8 Å². The lowest BCUT2D eigenvalue weighted by atomic mass is 9.90. The van der Waals surface area contributed by atoms with Gasteiger partial charge in [0.2, 0.25) is 0 Å². The van der Waals surface area contributed by atoms with Crippen LogP contribution in [0.15, 0.2) is 60.7 Å². The number of aliphatic hydroxyl groups excluding tert-OH is 1. The first-order valence-electron chi connectivity index (χ1n) is 9.29. The molecule has 0 radical (unpaired) electrons. The topological polar surface area (TPSA) is 84.1 Å². The molecule has 4 rings (SSSR count). The lowest BCUT2D eigenvalue weighted by Gasteiger charge is -2.26. The van der Waals surface area contributed by atoms with Crippen molar-refractivity contribution in [2.75, 3.05) is 13.2 Å². The Morgan fingerprint density at radius 3 is 2.54 bits per heavy atom. The predicted molar refractivity (Wildman–Crippen MR) is 104 cm³/mol. The van der Waals surface area contributed by atoms with Crippen LogP contribution < -0.4 is 9.47 Å². The summed E-state index contributed by atoms with van der Waals surface area (Å²) in [6, 6.07) is 18.8. The fourth-order valence-electron chi connectivity index (χ4n) is 3.47. The van der Waals surface area contributed by atoms with Crippen molar-refractivity contribution in [2.45, 2.75) is 25.0 Å². The van der Waals surface area contributed by atoms with Gasteiger partial charge >= 0.3 is 0 Å². The largest absolute Gasteiger partial charge is 0.494 e. The Morgan fingerprint density at radius 2 is 1.79 bits per heavy atom. The molecule has 0 bridgehead atoms. The molecule has 0 saturated heterocycles. The maximum absolute atomic E-state index is 10.1. The number of aliphatic hydroxyl groups is 1. The first-order chi connectivity index (χ1) is 13.6. The lowest BCUT2D eigenvalue weighted by molar-refractivity contribution is 0.0880. The van der Waals surface area contributed by atoms with E-state index in [9.17, 15) is 15.3 Å². The third kappa shape index (κ3) is 3.92. The van der Waals surface area contributed by atoms with Crippen molar-refractivity contribution in [3.63, 3.8) is 0 Å². The highest BCUT2D eigenvalue weighted by atomic mass is 16.5. The molecule has 2 unspecified atom stereocenters. The maximum Gasteiger partial charge on any atom is 0.193 e. The number of aromatic hydroxyl groups is 2. The predicted octanol–water partition coefficient (Wildman–Crippen LogP) is 3.06. The zero-order chi connectivity index (χ0) is 19.5. The molecule has 2 heterocycles. The molecule has 1 aliphatic heterocycles. The molecule has 0 spiro atoms. The van der Waals surface area contributed by atoms with Crippen molar-refractivity contribution >= 4 is 0 Å². The summed E-state index contributed by atoms with van der Waals surface area (Å²) in [5, 5.41) is 29.4. The minimum Gasteiger partial charge on any atom is -0.494 e. The van der Waals surface area contributed by atoms with E-state index in [2.05, 4.69) is 12.1 Å². The van der Waals surface area contributed by atoms with Gasteiger partial charge in [-0.25, -0.2) is 0 Å². The standard InChI is InChI=1S/C22H23NO5/c24-18(12-23-21(25)8-9-22(23)26)14-27-19-7-6-16-10-17(13-28-20(16)11-19)15-4-2-1-3-5-15/h1-9,11,17-18,24-26H,10,12-14H2. The molecule has 6 heteroatoms. The van der Waals surface area contributed by atoms with Crippen molar-refractivity contribution in [1.29, 1.82) is 0 Å². The Kier molecular flexibility index (Phi) is 5.12. The van der Waals surface area contributed by atoms with Crippen LogP contribution in [0.1, 0.15) is 17.0 Å². The number of hydrogen-bond acceptors (Lipinski definition) is 5. The van der Waals surface area contributed by atoms with E-state index >= 15 is 0 Å². The Bertz CT molecular complexity index is 918. The van der Waals surface area contributed by atoms with E-state index in [1.54, 1.807) is 0 Å². The van der Waals surface area contributed by atoms with E-state index < -0.39 is 6.10 Å². The van der Waals surface area contributed by atoms with Crippen molar-refractivity contribution < 1.29 is 24.8 Å². The SMILES string of the molecule is Oc1ccc(O)n1CC(O)COc1ccc2c(c1)OCC(c1ccccc1)C2. The maximum atomic E-state index is 10.1. The molecule has 28 heavy (non-hydrogen) atoms. The molecule has 3 aromatic rings. The zero-order valence-electron chi connectivity index (χ0n) is 15.4. The summed E-state index contributed by atoms with van der Waals surface area (Å²) in [4.78, 5) is 0. The van der Waals surface area contributed by atoms with Crippen LogP contribution in [0.5, 0.6) is 23.3 Å². The molecule has 146 valence electrons.